The summed E-state index contributed by atoms with van der Waals surface area (Å²) in [4.78, 5) is 27.0. The average Bonchev–Trinajstić information content (AvgIpc) is 2.87. The SMILES string of the molecule is CCNC(=O)COC(c1cccc(F)c1F)C1CCCN(C(=O)NC(CNC)CC2CCCCC2)C1. The number of hydrogen-bond donors (Lipinski definition) is 3. The molecule has 9 heteroatoms. The molecule has 36 heavy (non-hydrogen) atoms. The van der Waals surface area contributed by atoms with Crippen molar-refractivity contribution in [2.75, 3.05) is 39.8 Å². The van der Waals surface area contributed by atoms with Gasteiger partial charge in [-0.25, -0.2) is 13.6 Å². The highest BCUT2D eigenvalue weighted by molar-refractivity contribution is 5.77. The van der Waals surface area contributed by atoms with E-state index in [1.165, 1.54) is 44.2 Å². The molecule has 2 fully saturated rings. The van der Waals surface area contributed by atoms with Gasteiger partial charge in [0.05, 0.1) is 6.10 Å². The molecule has 1 saturated heterocycles. The highest BCUT2D eigenvalue weighted by Gasteiger charge is 2.34. The molecule has 1 heterocycles. The fraction of sp³-hybridized carbons (Fsp3) is 0.704. The monoisotopic (exact) mass is 508 g/mol. The third kappa shape index (κ3) is 8.13. The summed E-state index contributed by atoms with van der Waals surface area (Å²) in [5.41, 5.74) is 0.0805. The molecule has 0 radical (unpaired) electrons. The van der Waals surface area contributed by atoms with Crippen LogP contribution in [0.5, 0.6) is 0 Å². The van der Waals surface area contributed by atoms with Gasteiger partial charge in [-0.3, -0.25) is 4.79 Å². The summed E-state index contributed by atoms with van der Waals surface area (Å²) in [6.07, 6.45) is 7.75. The number of halogens is 2. The van der Waals surface area contributed by atoms with Crippen LogP contribution in [0.3, 0.4) is 0 Å². The minimum atomic E-state index is -0.971. The van der Waals surface area contributed by atoms with E-state index in [9.17, 15) is 18.4 Å². The zero-order valence-corrected chi connectivity index (χ0v) is 21.7. The van der Waals surface area contributed by atoms with Crippen molar-refractivity contribution in [3.05, 3.63) is 35.4 Å². The van der Waals surface area contributed by atoms with E-state index in [1.807, 2.05) is 7.05 Å². The molecule has 3 atom stereocenters. The predicted molar refractivity (Wildman–Crippen MR) is 135 cm³/mol. The molecule has 7 nitrogen and oxygen atoms in total. The Morgan fingerprint density at radius 3 is 2.64 bits per heavy atom. The summed E-state index contributed by atoms with van der Waals surface area (Å²) in [6, 6.07) is 3.90. The zero-order valence-electron chi connectivity index (χ0n) is 21.7. The van der Waals surface area contributed by atoms with Crippen molar-refractivity contribution in [3.8, 4) is 0 Å². The number of nitrogens with zero attached hydrogens (tertiary/aromatic N) is 1. The molecule has 0 bridgehead atoms. The molecule has 1 saturated carbocycles. The van der Waals surface area contributed by atoms with Crippen molar-refractivity contribution >= 4 is 11.9 Å². The van der Waals surface area contributed by atoms with Gasteiger partial charge in [0.25, 0.3) is 0 Å². The van der Waals surface area contributed by atoms with Crippen LogP contribution in [0, 0.1) is 23.5 Å². The largest absolute Gasteiger partial charge is 0.363 e. The molecule has 3 rings (SSSR count). The molecule has 3 N–H and O–H groups in total. The van der Waals surface area contributed by atoms with Crippen LogP contribution in [0.2, 0.25) is 0 Å². The van der Waals surface area contributed by atoms with Crippen LogP contribution >= 0.6 is 0 Å². The van der Waals surface area contributed by atoms with Crippen molar-refractivity contribution in [3.63, 3.8) is 0 Å². The number of nitrogens with one attached hydrogen (secondary N) is 3. The van der Waals surface area contributed by atoms with Crippen molar-refractivity contribution in [2.24, 2.45) is 11.8 Å². The van der Waals surface area contributed by atoms with Crippen molar-refractivity contribution < 1.29 is 23.1 Å². The molecule has 1 aliphatic carbocycles. The van der Waals surface area contributed by atoms with Gasteiger partial charge in [0, 0.05) is 43.7 Å². The summed E-state index contributed by atoms with van der Waals surface area (Å²) < 4.78 is 34.7. The quantitative estimate of drug-likeness (QED) is 0.420. The zero-order chi connectivity index (χ0) is 25.9. The molecule has 3 unspecified atom stereocenters. The predicted octanol–water partition coefficient (Wildman–Crippen LogP) is 4.14. The van der Waals surface area contributed by atoms with Gasteiger partial charge in [0.2, 0.25) is 5.91 Å². The second-order valence-corrected chi connectivity index (χ2v) is 10.1. The van der Waals surface area contributed by atoms with Crippen LogP contribution in [-0.4, -0.2) is 62.7 Å². The first kappa shape index (κ1) is 28.3. The molecular formula is C27H42F2N4O3. The maximum atomic E-state index is 14.8. The van der Waals surface area contributed by atoms with Crippen molar-refractivity contribution in [1.29, 1.82) is 0 Å². The summed E-state index contributed by atoms with van der Waals surface area (Å²) in [5.74, 6) is -1.88. The second kappa shape index (κ2) is 14.5. The molecule has 1 aliphatic heterocycles. The fourth-order valence-corrected chi connectivity index (χ4v) is 5.61. The smallest absolute Gasteiger partial charge is 0.317 e. The number of benzene rings is 1. The minimum Gasteiger partial charge on any atom is -0.363 e. The van der Waals surface area contributed by atoms with Crippen LogP contribution in [0.15, 0.2) is 18.2 Å². The lowest BCUT2D eigenvalue weighted by molar-refractivity contribution is -0.129. The van der Waals surface area contributed by atoms with Gasteiger partial charge in [-0.15, -0.1) is 0 Å². The van der Waals surface area contributed by atoms with Gasteiger partial charge in [-0.1, -0.05) is 44.2 Å². The van der Waals surface area contributed by atoms with Crippen LogP contribution in [-0.2, 0) is 9.53 Å². The maximum absolute atomic E-state index is 14.8. The number of carbonyl (C=O) groups excluding carboxylic acids is 2. The Morgan fingerprint density at radius 2 is 1.92 bits per heavy atom. The average molecular weight is 509 g/mol. The third-order valence-electron chi connectivity index (χ3n) is 7.35. The summed E-state index contributed by atoms with van der Waals surface area (Å²) in [7, 11) is 1.89. The van der Waals surface area contributed by atoms with E-state index < -0.39 is 17.7 Å². The molecule has 1 aromatic rings. The Balaban J connectivity index is 1.69. The van der Waals surface area contributed by atoms with Crippen LogP contribution < -0.4 is 16.0 Å². The van der Waals surface area contributed by atoms with E-state index in [4.69, 9.17) is 4.74 Å². The molecule has 2 aliphatic rings. The number of carbonyl (C=O) groups is 2. The number of ether oxygens (including phenoxy) is 1. The molecular weight excluding hydrogens is 466 g/mol. The van der Waals surface area contributed by atoms with E-state index in [2.05, 4.69) is 16.0 Å². The van der Waals surface area contributed by atoms with Crippen LogP contribution in [0.25, 0.3) is 0 Å². The lowest BCUT2D eigenvalue weighted by Crippen LogP contribution is -2.52. The van der Waals surface area contributed by atoms with E-state index >= 15 is 0 Å². The Hall–Kier alpha value is -2.26. The molecule has 202 valence electrons. The summed E-state index contributed by atoms with van der Waals surface area (Å²) in [6.45, 7) is 3.63. The van der Waals surface area contributed by atoms with Crippen LogP contribution in [0.4, 0.5) is 13.6 Å². The number of hydrogen-bond acceptors (Lipinski definition) is 4. The molecule has 0 aromatic heterocycles. The first-order valence-electron chi connectivity index (χ1n) is 13.4. The Labute approximate surface area is 213 Å². The van der Waals surface area contributed by atoms with Crippen molar-refractivity contribution in [2.45, 2.75) is 70.4 Å². The van der Waals surface area contributed by atoms with Gasteiger partial charge in [-0.2, -0.15) is 0 Å². The topological polar surface area (TPSA) is 82.7 Å². The van der Waals surface area contributed by atoms with Gasteiger partial charge in [0.15, 0.2) is 11.6 Å². The first-order chi connectivity index (χ1) is 17.4. The van der Waals surface area contributed by atoms with E-state index in [0.29, 0.717) is 38.5 Å². The van der Waals surface area contributed by atoms with E-state index in [-0.39, 0.29) is 36.1 Å². The maximum Gasteiger partial charge on any atom is 0.317 e. The summed E-state index contributed by atoms with van der Waals surface area (Å²) >= 11 is 0. The second-order valence-electron chi connectivity index (χ2n) is 10.1. The highest BCUT2D eigenvalue weighted by Crippen LogP contribution is 2.35. The molecule has 1 aromatic carbocycles. The first-order valence-corrected chi connectivity index (χ1v) is 13.4. The van der Waals surface area contributed by atoms with E-state index in [0.717, 1.165) is 18.9 Å². The fourth-order valence-electron chi connectivity index (χ4n) is 5.61. The lowest BCUT2D eigenvalue weighted by atomic mass is 9.85. The number of rotatable bonds is 11. The van der Waals surface area contributed by atoms with Gasteiger partial charge < -0.3 is 25.6 Å². The molecule has 3 amide bonds. The number of amides is 3. The van der Waals surface area contributed by atoms with Crippen LogP contribution in [0.1, 0.15) is 70.0 Å². The standard InChI is InChI=1S/C27H42F2N4O3/c1-3-31-24(34)18-36-26(22-12-7-13-23(28)25(22)29)20-11-8-14-33(17-20)27(35)32-21(16-30-2)15-19-9-5-4-6-10-19/h7,12-13,19-21,26,30H,3-6,8-11,14-18H2,1-2H3,(H,31,34)(H,32,35). The summed E-state index contributed by atoms with van der Waals surface area (Å²) in [5, 5.41) is 9.07. The Bertz CT molecular complexity index is 850. The minimum absolute atomic E-state index is 0.0384. The number of likely N-dealkylation sites (tertiary alicyclic amines) is 1. The van der Waals surface area contributed by atoms with Crippen molar-refractivity contribution in [1.82, 2.24) is 20.9 Å². The Morgan fingerprint density at radius 1 is 1.14 bits per heavy atom. The van der Waals surface area contributed by atoms with Gasteiger partial charge in [0.1, 0.15) is 6.61 Å². The highest BCUT2D eigenvalue weighted by atomic mass is 19.2. The Kier molecular flexibility index (Phi) is 11.4. The number of likely N-dealkylation sites (N-methyl/N-ethyl adjacent to an activating group) is 2. The van der Waals surface area contributed by atoms with Gasteiger partial charge in [-0.05, 0) is 45.2 Å². The number of urea groups is 1. The molecule has 0 spiro atoms. The third-order valence-corrected chi connectivity index (χ3v) is 7.35. The normalized spacial score (nSPS) is 20.6. The number of piperidine rings is 1. The lowest BCUT2D eigenvalue weighted by Gasteiger charge is -2.38. The van der Waals surface area contributed by atoms with Gasteiger partial charge >= 0.3 is 6.03 Å². The van der Waals surface area contributed by atoms with E-state index in [1.54, 1.807) is 11.8 Å².